The molecule has 0 saturated heterocycles. The van der Waals surface area contributed by atoms with E-state index in [4.69, 9.17) is 5.11 Å². The van der Waals surface area contributed by atoms with E-state index in [9.17, 15) is 4.79 Å². The number of hydrogen-bond acceptors (Lipinski definition) is 5. The fourth-order valence-electron chi connectivity index (χ4n) is 1.36. The summed E-state index contributed by atoms with van der Waals surface area (Å²) in [5.74, 6) is -0.845. The van der Waals surface area contributed by atoms with Crippen LogP contribution < -0.4 is 0 Å². The average molecular weight is 280 g/mol. The minimum atomic E-state index is -0.845. The number of thioether (sulfide) groups is 1. The van der Waals surface area contributed by atoms with Crippen molar-refractivity contribution in [1.82, 2.24) is 9.59 Å². The first kappa shape index (κ1) is 13.0. The quantitative estimate of drug-likeness (QED) is 0.872. The largest absolute Gasteiger partial charge is 0.480 e. The molecule has 0 amide bonds. The van der Waals surface area contributed by atoms with Crippen LogP contribution in [-0.4, -0.2) is 25.9 Å². The highest BCUT2D eigenvalue weighted by atomic mass is 32.2. The molecule has 0 spiro atoms. The molecule has 18 heavy (non-hydrogen) atoms. The predicted molar refractivity (Wildman–Crippen MR) is 73.0 cm³/mol. The van der Waals surface area contributed by atoms with E-state index in [1.54, 1.807) is 6.92 Å². The summed E-state index contributed by atoms with van der Waals surface area (Å²) in [4.78, 5) is 11.8. The van der Waals surface area contributed by atoms with Crippen LogP contribution in [0.15, 0.2) is 29.3 Å². The molecule has 2 aromatic rings. The third-order valence-electron chi connectivity index (χ3n) is 2.41. The molecule has 0 bridgehead atoms. The van der Waals surface area contributed by atoms with Gasteiger partial charge in [0.25, 0.3) is 0 Å². The number of hydrogen-bond donors (Lipinski definition) is 1. The zero-order chi connectivity index (χ0) is 13.1. The standard InChI is InChI=1S/C12H12N2O2S2/c1-7-3-5-9(6-4-7)10-11(13-14-18-10)17-8(2)12(15)16/h3-6,8H,1-2H3,(H,15,16). The topological polar surface area (TPSA) is 63.1 Å². The van der Waals surface area contributed by atoms with Gasteiger partial charge in [0, 0.05) is 0 Å². The van der Waals surface area contributed by atoms with Crippen LogP contribution >= 0.6 is 23.3 Å². The second-order valence-corrected chi connectivity index (χ2v) is 5.96. The Labute approximate surface area is 113 Å². The molecular formula is C12H12N2O2S2. The van der Waals surface area contributed by atoms with Gasteiger partial charge in [0.1, 0.15) is 10.3 Å². The van der Waals surface area contributed by atoms with E-state index < -0.39 is 11.2 Å². The number of carbonyl (C=O) groups is 1. The molecule has 1 unspecified atom stereocenters. The maximum atomic E-state index is 10.9. The first-order valence-corrected chi connectivity index (χ1v) is 7.02. The molecule has 1 aromatic carbocycles. The Bertz CT molecular complexity index is 551. The highest BCUT2D eigenvalue weighted by Gasteiger charge is 2.18. The third kappa shape index (κ3) is 2.88. The number of nitrogens with zero attached hydrogens (tertiary/aromatic N) is 2. The van der Waals surface area contributed by atoms with E-state index in [0.717, 1.165) is 10.4 Å². The molecule has 0 aliphatic carbocycles. The minimum Gasteiger partial charge on any atom is -0.480 e. The molecule has 94 valence electrons. The van der Waals surface area contributed by atoms with Gasteiger partial charge in [-0.2, -0.15) is 0 Å². The predicted octanol–water partition coefficient (Wildman–Crippen LogP) is 3.08. The molecule has 6 heteroatoms. The summed E-state index contributed by atoms with van der Waals surface area (Å²) in [5, 5.41) is 13.1. The second-order valence-electron chi connectivity index (χ2n) is 3.87. The summed E-state index contributed by atoms with van der Waals surface area (Å²) in [6.07, 6.45) is 0. The Morgan fingerprint density at radius 2 is 2.06 bits per heavy atom. The Balaban J connectivity index is 2.27. The first-order valence-electron chi connectivity index (χ1n) is 5.37. The molecule has 1 N–H and O–H groups in total. The van der Waals surface area contributed by atoms with Crippen LogP contribution in [0.3, 0.4) is 0 Å². The summed E-state index contributed by atoms with van der Waals surface area (Å²) in [7, 11) is 0. The lowest BCUT2D eigenvalue weighted by Crippen LogP contribution is -2.11. The number of carboxylic acids is 1. The number of carboxylic acid groups (broad SMARTS) is 1. The van der Waals surface area contributed by atoms with Crippen LogP contribution in [0, 0.1) is 6.92 Å². The summed E-state index contributed by atoms with van der Waals surface area (Å²) in [6.45, 7) is 3.67. The maximum Gasteiger partial charge on any atom is 0.316 e. The molecule has 2 rings (SSSR count). The molecule has 0 saturated carbocycles. The number of aromatic nitrogens is 2. The van der Waals surface area contributed by atoms with Gasteiger partial charge in [0.2, 0.25) is 0 Å². The SMILES string of the molecule is Cc1ccc(-c2snnc2SC(C)C(=O)O)cc1. The van der Waals surface area contributed by atoms with Gasteiger partial charge in [-0.05, 0) is 30.9 Å². The Morgan fingerprint density at radius 1 is 1.39 bits per heavy atom. The molecule has 0 aliphatic heterocycles. The van der Waals surface area contributed by atoms with Crippen molar-refractivity contribution >= 4 is 29.3 Å². The minimum absolute atomic E-state index is 0.530. The van der Waals surface area contributed by atoms with Crippen molar-refractivity contribution in [3.8, 4) is 10.4 Å². The van der Waals surface area contributed by atoms with Crippen molar-refractivity contribution in [2.75, 3.05) is 0 Å². The number of rotatable bonds is 4. The Kier molecular flexibility index (Phi) is 3.98. The van der Waals surface area contributed by atoms with Gasteiger partial charge in [0.05, 0.1) is 4.88 Å². The first-order chi connectivity index (χ1) is 8.58. The summed E-state index contributed by atoms with van der Waals surface area (Å²) >= 11 is 2.51. The third-order valence-corrected chi connectivity index (χ3v) is 4.38. The van der Waals surface area contributed by atoms with Gasteiger partial charge >= 0.3 is 5.97 Å². The van der Waals surface area contributed by atoms with E-state index in [-0.39, 0.29) is 0 Å². The molecule has 1 heterocycles. The van der Waals surface area contributed by atoms with E-state index in [1.807, 2.05) is 31.2 Å². The smallest absolute Gasteiger partial charge is 0.316 e. The second kappa shape index (κ2) is 5.49. The summed E-state index contributed by atoms with van der Waals surface area (Å²) < 4.78 is 3.91. The fourth-order valence-corrected chi connectivity index (χ4v) is 2.98. The summed E-state index contributed by atoms with van der Waals surface area (Å²) in [6, 6.07) is 8.04. The lowest BCUT2D eigenvalue weighted by Gasteiger charge is -2.05. The zero-order valence-corrected chi connectivity index (χ0v) is 11.6. The molecule has 0 aliphatic rings. The van der Waals surface area contributed by atoms with Crippen LogP contribution in [0.4, 0.5) is 0 Å². The van der Waals surface area contributed by atoms with Crippen molar-refractivity contribution in [1.29, 1.82) is 0 Å². The van der Waals surface area contributed by atoms with Crippen molar-refractivity contribution in [3.63, 3.8) is 0 Å². The van der Waals surface area contributed by atoms with Crippen LogP contribution in [0.5, 0.6) is 0 Å². The monoisotopic (exact) mass is 280 g/mol. The Morgan fingerprint density at radius 3 is 2.67 bits per heavy atom. The van der Waals surface area contributed by atoms with E-state index >= 15 is 0 Å². The van der Waals surface area contributed by atoms with Gasteiger partial charge in [-0.15, -0.1) is 5.10 Å². The molecule has 1 atom stereocenters. The highest BCUT2D eigenvalue weighted by molar-refractivity contribution is 8.00. The van der Waals surface area contributed by atoms with E-state index in [2.05, 4.69) is 9.59 Å². The van der Waals surface area contributed by atoms with E-state index in [1.165, 1.54) is 28.9 Å². The Hall–Kier alpha value is -1.40. The average Bonchev–Trinajstić information content (AvgIpc) is 2.78. The van der Waals surface area contributed by atoms with Gasteiger partial charge in [-0.3, -0.25) is 4.79 Å². The zero-order valence-electron chi connectivity index (χ0n) is 9.95. The van der Waals surface area contributed by atoms with Crippen LogP contribution in [0.2, 0.25) is 0 Å². The van der Waals surface area contributed by atoms with Gasteiger partial charge in [-0.25, -0.2) is 0 Å². The van der Waals surface area contributed by atoms with E-state index in [0.29, 0.717) is 5.03 Å². The summed E-state index contributed by atoms with van der Waals surface area (Å²) in [5.41, 5.74) is 2.21. The van der Waals surface area contributed by atoms with Crippen molar-refractivity contribution in [2.24, 2.45) is 0 Å². The van der Waals surface area contributed by atoms with Crippen molar-refractivity contribution in [2.45, 2.75) is 24.1 Å². The number of aliphatic carboxylic acids is 1. The van der Waals surface area contributed by atoms with Crippen molar-refractivity contribution in [3.05, 3.63) is 29.8 Å². The fraction of sp³-hybridized carbons (Fsp3) is 0.250. The maximum absolute atomic E-state index is 10.9. The molecule has 4 nitrogen and oxygen atoms in total. The van der Waals surface area contributed by atoms with Crippen LogP contribution in [0.1, 0.15) is 12.5 Å². The molecular weight excluding hydrogens is 268 g/mol. The van der Waals surface area contributed by atoms with Crippen LogP contribution in [-0.2, 0) is 4.79 Å². The normalized spacial score (nSPS) is 12.3. The molecule has 0 radical (unpaired) electrons. The van der Waals surface area contributed by atoms with Crippen LogP contribution in [0.25, 0.3) is 10.4 Å². The van der Waals surface area contributed by atoms with Gasteiger partial charge in [0.15, 0.2) is 0 Å². The lowest BCUT2D eigenvalue weighted by atomic mass is 10.1. The number of aryl methyl sites for hydroxylation is 1. The molecule has 1 aromatic heterocycles. The lowest BCUT2D eigenvalue weighted by molar-refractivity contribution is -0.136. The van der Waals surface area contributed by atoms with Gasteiger partial charge < -0.3 is 5.11 Å². The highest BCUT2D eigenvalue weighted by Crippen LogP contribution is 2.34. The molecule has 0 fully saturated rings. The van der Waals surface area contributed by atoms with Crippen molar-refractivity contribution < 1.29 is 9.90 Å². The number of benzene rings is 1. The van der Waals surface area contributed by atoms with Gasteiger partial charge in [-0.1, -0.05) is 46.1 Å².